The molecule has 1 amide bonds. The van der Waals surface area contributed by atoms with Gasteiger partial charge in [-0.25, -0.2) is 4.68 Å². The minimum absolute atomic E-state index is 0.0338. The summed E-state index contributed by atoms with van der Waals surface area (Å²) in [5.74, 6) is -0.142. The van der Waals surface area contributed by atoms with Crippen LogP contribution in [-0.4, -0.2) is 15.7 Å². The first-order valence-electron chi connectivity index (χ1n) is 8.80. The lowest BCUT2D eigenvalue weighted by Crippen LogP contribution is -2.20. The number of hydrogen-bond donors (Lipinski definition) is 0. The Kier molecular flexibility index (Phi) is 5.05. The lowest BCUT2D eigenvalue weighted by molar-refractivity contribution is -0.137. The maximum absolute atomic E-state index is 13.0. The Bertz CT molecular complexity index is 931. The van der Waals surface area contributed by atoms with Crippen LogP contribution in [0.2, 0.25) is 0 Å². The normalized spacial score (nSPS) is 16.0. The SMILES string of the molecule is Cc1ccc(C(F)(F)F)cc1C(=O)/N=c1\sc(C(C)(C)C)nn1CC1CC1. The van der Waals surface area contributed by atoms with Gasteiger partial charge in [0.05, 0.1) is 5.56 Å². The van der Waals surface area contributed by atoms with Crippen LogP contribution in [0.15, 0.2) is 23.2 Å². The molecule has 2 aromatic rings. The van der Waals surface area contributed by atoms with Gasteiger partial charge >= 0.3 is 6.18 Å². The first-order valence-corrected chi connectivity index (χ1v) is 9.62. The third kappa shape index (κ3) is 4.66. The Labute approximate surface area is 159 Å². The number of aromatic nitrogens is 2. The molecule has 1 aromatic heterocycles. The molecule has 3 rings (SSSR count). The van der Waals surface area contributed by atoms with Crippen molar-refractivity contribution in [3.63, 3.8) is 0 Å². The molecule has 1 aliphatic carbocycles. The van der Waals surface area contributed by atoms with Crippen LogP contribution < -0.4 is 4.80 Å². The highest BCUT2D eigenvalue weighted by Crippen LogP contribution is 2.32. The van der Waals surface area contributed by atoms with Crippen LogP contribution in [-0.2, 0) is 18.1 Å². The van der Waals surface area contributed by atoms with Gasteiger partial charge < -0.3 is 0 Å². The molecule has 0 saturated heterocycles. The molecule has 1 fully saturated rings. The van der Waals surface area contributed by atoms with Gasteiger partial charge in [-0.1, -0.05) is 38.2 Å². The van der Waals surface area contributed by atoms with Gasteiger partial charge in [0, 0.05) is 17.5 Å². The number of aryl methyl sites for hydroxylation is 1. The van der Waals surface area contributed by atoms with E-state index in [-0.39, 0.29) is 11.0 Å². The van der Waals surface area contributed by atoms with Crippen LogP contribution in [0, 0.1) is 12.8 Å². The zero-order valence-corrected chi connectivity index (χ0v) is 16.5. The predicted octanol–water partition coefficient (Wildman–Crippen LogP) is 4.72. The molecule has 1 heterocycles. The zero-order valence-electron chi connectivity index (χ0n) is 15.7. The Morgan fingerprint density at radius 1 is 1.30 bits per heavy atom. The van der Waals surface area contributed by atoms with E-state index in [1.165, 1.54) is 17.4 Å². The number of nitrogens with zero attached hydrogens (tertiary/aromatic N) is 3. The van der Waals surface area contributed by atoms with Gasteiger partial charge in [0.2, 0.25) is 4.80 Å². The molecule has 27 heavy (non-hydrogen) atoms. The van der Waals surface area contributed by atoms with Gasteiger partial charge in [0.1, 0.15) is 5.01 Å². The third-order valence-electron chi connectivity index (χ3n) is 4.38. The highest BCUT2D eigenvalue weighted by Gasteiger charge is 2.31. The minimum atomic E-state index is -4.50. The summed E-state index contributed by atoms with van der Waals surface area (Å²) in [6, 6.07) is 3.15. The summed E-state index contributed by atoms with van der Waals surface area (Å²) in [5, 5.41) is 5.44. The second-order valence-electron chi connectivity index (χ2n) is 8.01. The van der Waals surface area contributed by atoms with Crippen LogP contribution in [0.25, 0.3) is 0 Å². The number of benzene rings is 1. The predicted molar refractivity (Wildman–Crippen MR) is 97.6 cm³/mol. The fourth-order valence-electron chi connectivity index (χ4n) is 2.54. The van der Waals surface area contributed by atoms with Crippen molar-refractivity contribution >= 4 is 17.2 Å². The Balaban J connectivity index is 2.03. The maximum Gasteiger partial charge on any atom is 0.416 e. The van der Waals surface area contributed by atoms with Gasteiger partial charge in [-0.05, 0) is 43.4 Å². The van der Waals surface area contributed by atoms with Crippen LogP contribution in [0.4, 0.5) is 13.2 Å². The molecule has 8 heteroatoms. The van der Waals surface area contributed by atoms with Crippen molar-refractivity contribution in [3.8, 4) is 0 Å². The van der Waals surface area contributed by atoms with E-state index >= 15 is 0 Å². The quantitative estimate of drug-likeness (QED) is 0.752. The molecule has 4 nitrogen and oxygen atoms in total. The van der Waals surface area contributed by atoms with Gasteiger partial charge in [0.25, 0.3) is 5.91 Å². The average molecular weight is 397 g/mol. The minimum Gasteiger partial charge on any atom is -0.267 e. The number of hydrogen-bond acceptors (Lipinski definition) is 3. The second kappa shape index (κ2) is 6.89. The molecule has 0 radical (unpaired) electrons. The second-order valence-corrected chi connectivity index (χ2v) is 8.97. The molecule has 1 aromatic carbocycles. The molecule has 1 aliphatic rings. The van der Waals surface area contributed by atoms with Crippen LogP contribution in [0.1, 0.15) is 60.1 Å². The number of carbonyl (C=O) groups is 1. The van der Waals surface area contributed by atoms with Crippen molar-refractivity contribution < 1.29 is 18.0 Å². The Hall–Kier alpha value is -1.96. The highest BCUT2D eigenvalue weighted by molar-refractivity contribution is 7.09. The first kappa shape index (κ1) is 19.8. The van der Waals surface area contributed by atoms with E-state index in [4.69, 9.17) is 0 Å². The van der Waals surface area contributed by atoms with Crippen molar-refractivity contribution in [2.24, 2.45) is 10.9 Å². The lowest BCUT2D eigenvalue weighted by atomic mass is 9.98. The third-order valence-corrected chi connectivity index (χ3v) is 5.75. The Morgan fingerprint density at radius 2 is 1.96 bits per heavy atom. The first-order chi connectivity index (χ1) is 12.4. The summed E-state index contributed by atoms with van der Waals surface area (Å²) >= 11 is 1.32. The molecule has 0 spiro atoms. The van der Waals surface area contributed by atoms with E-state index in [1.54, 1.807) is 11.6 Å². The standard InChI is InChI=1S/C19H22F3N3OS/c1-11-5-8-13(19(20,21)22)9-14(11)15(26)23-17-25(10-12-6-7-12)24-16(27-17)18(2,3)4/h5,8-9,12H,6-7,10H2,1-4H3/b23-17-. The monoisotopic (exact) mass is 397 g/mol. The van der Waals surface area contributed by atoms with Gasteiger partial charge in [-0.15, -0.1) is 0 Å². The summed E-state index contributed by atoms with van der Waals surface area (Å²) in [5.41, 5.74) is -0.615. The average Bonchev–Trinajstić information content (AvgIpc) is 3.26. The number of amides is 1. The molecule has 1 saturated carbocycles. The fourth-order valence-corrected chi connectivity index (χ4v) is 3.50. The van der Waals surface area contributed by atoms with E-state index in [2.05, 4.69) is 10.1 Å². The number of alkyl halides is 3. The Morgan fingerprint density at radius 3 is 2.52 bits per heavy atom. The van der Waals surface area contributed by atoms with Crippen molar-refractivity contribution in [2.45, 2.75) is 58.7 Å². The van der Waals surface area contributed by atoms with Crippen molar-refractivity contribution in [3.05, 3.63) is 44.7 Å². The fraction of sp³-hybridized carbons (Fsp3) is 0.526. The van der Waals surface area contributed by atoms with Gasteiger partial charge in [-0.2, -0.15) is 23.3 Å². The van der Waals surface area contributed by atoms with Crippen LogP contribution in [0.3, 0.4) is 0 Å². The summed E-state index contributed by atoms with van der Waals surface area (Å²) in [4.78, 5) is 17.2. The molecule has 146 valence electrons. The summed E-state index contributed by atoms with van der Waals surface area (Å²) < 4.78 is 40.7. The largest absolute Gasteiger partial charge is 0.416 e. The number of rotatable bonds is 3. The molecule has 0 atom stereocenters. The topological polar surface area (TPSA) is 47.2 Å². The molecule has 0 unspecified atom stereocenters. The van der Waals surface area contributed by atoms with Crippen molar-refractivity contribution in [2.75, 3.05) is 0 Å². The molecular weight excluding hydrogens is 375 g/mol. The van der Waals surface area contributed by atoms with Crippen LogP contribution in [0.5, 0.6) is 0 Å². The highest BCUT2D eigenvalue weighted by atomic mass is 32.1. The summed E-state index contributed by atoms with van der Waals surface area (Å²) in [7, 11) is 0. The van der Waals surface area contributed by atoms with Gasteiger partial charge in [-0.3, -0.25) is 4.79 Å². The van der Waals surface area contributed by atoms with E-state index in [0.29, 0.717) is 22.8 Å². The zero-order chi connectivity index (χ0) is 20.0. The number of halogens is 3. The van der Waals surface area contributed by atoms with Crippen molar-refractivity contribution in [1.82, 2.24) is 9.78 Å². The summed E-state index contributed by atoms with van der Waals surface area (Å²) in [6.45, 7) is 8.36. The van der Waals surface area contributed by atoms with E-state index in [1.807, 2.05) is 20.8 Å². The van der Waals surface area contributed by atoms with Crippen LogP contribution >= 0.6 is 11.3 Å². The van der Waals surface area contributed by atoms with E-state index < -0.39 is 17.6 Å². The van der Waals surface area contributed by atoms with Gasteiger partial charge in [0.15, 0.2) is 0 Å². The molecular formula is C19H22F3N3OS. The molecule has 0 N–H and O–H groups in total. The van der Waals surface area contributed by atoms with Crippen molar-refractivity contribution in [1.29, 1.82) is 0 Å². The summed E-state index contributed by atoms with van der Waals surface area (Å²) in [6.07, 6.45) is -2.26. The number of carbonyl (C=O) groups excluding carboxylic acids is 1. The molecule has 0 bridgehead atoms. The molecule has 0 aliphatic heterocycles. The lowest BCUT2D eigenvalue weighted by Gasteiger charge is -2.12. The van der Waals surface area contributed by atoms with E-state index in [0.717, 1.165) is 30.0 Å². The smallest absolute Gasteiger partial charge is 0.267 e. The van der Waals surface area contributed by atoms with E-state index in [9.17, 15) is 18.0 Å². The maximum atomic E-state index is 13.0.